The molecule has 1 heterocycles. The van der Waals surface area contributed by atoms with Gasteiger partial charge in [-0.05, 0) is 56.0 Å². The second-order valence-corrected chi connectivity index (χ2v) is 7.82. The predicted molar refractivity (Wildman–Crippen MR) is 93.6 cm³/mol. The van der Waals surface area contributed by atoms with Gasteiger partial charge in [-0.3, -0.25) is 0 Å². The molecule has 4 unspecified atom stereocenters. The van der Waals surface area contributed by atoms with Crippen molar-refractivity contribution >= 4 is 0 Å². The molecule has 1 saturated heterocycles. The lowest BCUT2D eigenvalue weighted by molar-refractivity contribution is 0.137. The molecule has 1 aliphatic carbocycles. The highest BCUT2D eigenvalue weighted by atomic mass is 14.9. The van der Waals surface area contributed by atoms with Crippen molar-refractivity contribution in [3.63, 3.8) is 0 Å². The van der Waals surface area contributed by atoms with Crippen molar-refractivity contribution in [2.45, 2.75) is 90.9 Å². The fraction of sp³-hybridized carbons (Fsp3) is 1.00. The molecule has 1 nitrogen and oxygen atoms in total. The normalized spacial score (nSPS) is 35.1. The van der Waals surface area contributed by atoms with E-state index in [0.29, 0.717) is 0 Å². The van der Waals surface area contributed by atoms with E-state index in [0.717, 1.165) is 23.7 Å². The van der Waals surface area contributed by atoms with Gasteiger partial charge in [0.1, 0.15) is 0 Å². The van der Waals surface area contributed by atoms with Crippen LogP contribution in [0.25, 0.3) is 0 Å². The lowest BCUT2D eigenvalue weighted by Gasteiger charge is -2.38. The summed E-state index contributed by atoms with van der Waals surface area (Å²) in [6.07, 6.45) is 17.7. The summed E-state index contributed by atoms with van der Waals surface area (Å²) in [5, 5.41) is 3.76. The molecule has 0 amide bonds. The summed E-state index contributed by atoms with van der Waals surface area (Å²) in [6.45, 7) is 7.37. The summed E-state index contributed by atoms with van der Waals surface area (Å²) >= 11 is 0. The van der Waals surface area contributed by atoms with E-state index >= 15 is 0 Å². The highest BCUT2D eigenvalue weighted by Crippen LogP contribution is 2.40. The van der Waals surface area contributed by atoms with Gasteiger partial charge in [0.15, 0.2) is 0 Å². The highest BCUT2D eigenvalue weighted by Gasteiger charge is 2.32. The van der Waals surface area contributed by atoms with Crippen LogP contribution in [0.2, 0.25) is 0 Å². The largest absolute Gasteiger partial charge is 0.316 e. The van der Waals surface area contributed by atoms with Crippen molar-refractivity contribution < 1.29 is 0 Å². The van der Waals surface area contributed by atoms with E-state index in [1.54, 1.807) is 0 Å². The number of unbranched alkanes of at least 4 members (excludes halogenated alkanes) is 2. The van der Waals surface area contributed by atoms with Gasteiger partial charge in [-0.1, -0.05) is 71.6 Å². The van der Waals surface area contributed by atoms with Gasteiger partial charge in [-0.25, -0.2) is 0 Å². The number of nitrogens with one attached hydrogen (secondary N) is 1. The maximum Gasteiger partial charge on any atom is -0.00204 e. The smallest absolute Gasteiger partial charge is 0.00204 e. The van der Waals surface area contributed by atoms with Crippen LogP contribution in [0.15, 0.2) is 0 Å². The van der Waals surface area contributed by atoms with E-state index in [-0.39, 0.29) is 0 Å². The molecule has 1 heteroatoms. The van der Waals surface area contributed by atoms with Crippen LogP contribution in [-0.4, -0.2) is 13.1 Å². The van der Waals surface area contributed by atoms with Crippen molar-refractivity contribution in [2.75, 3.05) is 13.1 Å². The van der Waals surface area contributed by atoms with Crippen LogP contribution in [0, 0.1) is 23.7 Å². The summed E-state index contributed by atoms with van der Waals surface area (Å²) in [7, 11) is 0. The first-order valence-electron chi connectivity index (χ1n) is 10.1. The van der Waals surface area contributed by atoms with Crippen molar-refractivity contribution in [3.8, 4) is 0 Å². The van der Waals surface area contributed by atoms with E-state index in [1.165, 1.54) is 90.1 Å². The summed E-state index contributed by atoms with van der Waals surface area (Å²) < 4.78 is 0. The quantitative estimate of drug-likeness (QED) is 0.633. The SMILES string of the molecule is CCCCCC1CCNCC2CCCCCC(CC)C1C2. The van der Waals surface area contributed by atoms with Crippen molar-refractivity contribution in [2.24, 2.45) is 23.7 Å². The van der Waals surface area contributed by atoms with Gasteiger partial charge in [0.05, 0.1) is 0 Å². The van der Waals surface area contributed by atoms with Crippen LogP contribution in [0.5, 0.6) is 0 Å². The Hall–Kier alpha value is -0.0400. The zero-order valence-electron chi connectivity index (χ0n) is 14.7. The van der Waals surface area contributed by atoms with Crippen LogP contribution in [0.3, 0.4) is 0 Å². The monoisotopic (exact) mass is 293 g/mol. The number of hydrogen-bond donors (Lipinski definition) is 1. The molecule has 2 rings (SSSR count). The molecule has 0 aromatic carbocycles. The molecular weight excluding hydrogens is 254 g/mol. The Bertz CT molecular complexity index is 263. The lowest BCUT2D eigenvalue weighted by Crippen LogP contribution is -2.35. The van der Waals surface area contributed by atoms with Crippen molar-refractivity contribution in [1.29, 1.82) is 0 Å². The highest BCUT2D eigenvalue weighted by molar-refractivity contribution is 4.84. The zero-order chi connectivity index (χ0) is 14.9. The molecule has 0 aromatic heterocycles. The molecule has 0 aromatic rings. The standard InChI is InChI=1S/C20H39N/c1-3-5-7-12-19-13-14-21-16-17-10-8-6-9-11-18(4-2)20(19)15-17/h17-21H,3-16H2,1-2H3. The Balaban J connectivity index is 2.05. The first-order valence-corrected chi connectivity index (χ1v) is 10.1. The Morgan fingerprint density at radius 1 is 0.905 bits per heavy atom. The Labute approximate surface area is 133 Å². The molecule has 1 saturated carbocycles. The van der Waals surface area contributed by atoms with Crippen molar-refractivity contribution in [1.82, 2.24) is 5.32 Å². The Morgan fingerprint density at radius 3 is 2.57 bits per heavy atom. The fourth-order valence-corrected chi connectivity index (χ4v) is 5.02. The molecule has 124 valence electrons. The average molecular weight is 294 g/mol. The van der Waals surface area contributed by atoms with E-state index in [2.05, 4.69) is 19.2 Å². The van der Waals surface area contributed by atoms with E-state index in [1.807, 2.05) is 0 Å². The van der Waals surface area contributed by atoms with Gasteiger partial charge in [0, 0.05) is 0 Å². The van der Waals surface area contributed by atoms with E-state index in [9.17, 15) is 0 Å². The minimum atomic E-state index is 0.969. The van der Waals surface area contributed by atoms with Crippen molar-refractivity contribution in [3.05, 3.63) is 0 Å². The minimum absolute atomic E-state index is 0.969. The molecule has 1 aliphatic heterocycles. The number of hydrogen-bond acceptors (Lipinski definition) is 1. The maximum atomic E-state index is 3.76. The molecule has 21 heavy (non-hydrogen) atoms. The summed E-state index contributed by atoms with van der Waals surface area (Å²) in [4.78, 5) is 0. The van der Waals surface area contributed by atoms with Gasteiger partial charge >= 0.3 is 0 Å². The van der Waals surface area contributed by atoms with Gasteiger partial charge in [-0.2, -0.15) is 0 Å². The predicted octanol–water partition coefficient (Wildman–Crippen LogP) is 5.79. The third kappa shape index (κ3) is 5.58. The van der Waals surface area contributed by atoms with Crippen LogP contribution in [0.4, 0.5) is 0 Å². The van der Waals surface area contributed by atoms with E-state index < -0.39 is 0 Å². The van der Waals surface area contributed by atoms with Crippen LogP contribution < -0.4 is 5.32 Å². The maximum absolute atomic E-state index is 3.76. The number of rotatable bonds is 5. The molecule has 1 N–H and O–H groups in total. The molecule has 2 fully saturated rings. The fourth-order valence-electron chi connectivity index (χ4n) is 5.02. The first-order chi connectivity index (χ1) is 10.3. The van der Waals surface area contributed by atoms with Crippen LogP contribution in [0.1, 0.15) is 90.9 Å². The molecule has 0 radical (unpaired) electrons. The second kappa shape index (κ2) is 9.87. The second-order valence-electron chi connectivity index (χ2n) is 7.82. The molecule has 2 bridgehead atoms. The lowest BCUT2D eigenvalue weighted by atomic mass is 9.70. The summed E-state index contributed by atoms with van der Waals surface area (Å²) in [6, 6.07) is 0. The average Bonchev–Trinajstić information content (AvgIpc) is 2.58. The van der Waals surface area contributed by atoms with Gasteiger partial charge in [0.2, 0.25) is 0 Å². The summed E-state index contributed by atoms with van der Waals surface area (Å²) in [5.41, 5.74) is 0. The van der Waals surface area contributed by atoms with E-state index in [4.69, 9.17) is 0 Å². The third-order valence-corrected chi connectivity index (χ3v) is 6.33. The molecule has 2 aliphatic rings. The molecular formula is C20H39N. The topological polar surface area (TPSA) is 12.0 Å². The Kier molecular flexibility index (Phi) is 8.14. The third-order valence-electron chi connectivity index (χ3n) is 6.33. The van der Waals surface area contributed by atoms with Gasteiger partial charge < -0.3 is 5.32 Å². The first kappa shape index (κ1) is 17.3. The van der Waals surface area contributed by atoms with Crippen LogP contribution in [-0.2, 0) is 0 Å². The minimum Gasteiger partial charge on any atom is -0.316 e. The van der Waals surface area contributed by atoms with Gasteiger partial charge in [-0.15, -0.1) is 0 Å². The van der Waals surface area contributed by atoms with Gasteiger partial charge in [0.25, 0.3) is 0 Å². The molecule has 0 spiro atoms. The summed E-state index contributed by atoms with van der Waals surface area (Å²) in [5.74, 6) is 4.04. The number of fused-ring (bicyclic) bond motifs is 2. The van der Waals surface area contributed by atoms with Crippen LogP contribution >= 0.6 is 0 Å². The zero-order valence-corrected chi connectivity index (χ0v) is 14.7. The molecule has 4 atom stereocenters. The Morgan fingerprint density at radius 2 is 1.76 bits per heavy atom.